The predicted molar refractivity (Wildman–Crippen MR) is 91.6 cm³/mol. The third-order valence-corrected chi connectivity index (χ3v) is 2.35. The lowest BCUT2D eigenvalue weighted by molar-refractivity contribution is 0.0733. The van der Waals surface area contributed by atoms with Crippen molar-refractivity contribution in [1.82, 2.24) is 10.6 Å². The summed E-state index contributed by atoms with van der Waals surface area (Å²) < 4.78 is 10.3. The predicted octanol–water partition coefficient (Wildman–Crippen LogP) is 2.01. The van der Waals surface area contributed by atoms with E-state index in [-0.39, 0.29) is 24.0 Å². The summed E-state index contributed by atoms with van der Waals surface area (Å²) in [6.45, 7) is 8.75. The van der Waals surface area contributed by atoms with Crippen molar-refractivity contribution in [3.63, 3.8) is 0 Å². The molecular weight excluding hydrogens is 357 g/mol. The molecule has 0 rings (SSSR count). The van der Waals surface area contributed by atoms with Crippen molar-refractivity contribution in [2.75, 3.05) is 46.6 Å². The van der Waals surface area contributed by atoms with Crippen LogP contribution >= 0.6 is 24.0 Å². The van der Waals surface area contributed by atoms with Gasteiger partial charge in [0.25, 0.3) is 0 Å². The van der Waals surface area contributed by atoms with Crippen molar-refractivity contribution in [2.45, 2.75) is 33.1 Å². The number of nitrogens with one attached hydrogen (secondary N) is 2. The first-order chi connectivity index (χ1) is 8.85. The van der Waals surface area contributed by atoms with Crippen LogP contribution in [0.5, 0.6) is 0 Å². The number of guanidine groups is 1. The van der Waals surface area contributed by atoms with Crippen LogP contribution < -0.4 is 10.6 Å². The summed E-state index contributed by atoms with van der Waals surface area (Å²) in [5.41, 5.74) is 0. The Morgan fingerprint density at radius 3 is 2.47 bits per heavy atom. The molecule has 0 unspecified atom stereocenters. The van der Waals surface area contributed by atoms with Crippen LogP contribution in [0, 0.1) is 0 Å². The topological polar surface area (TPSA) is 54.9 Å². The van der Waals surface area contributed by atoms with Gasteiger partial charge in [-0.25, -0.2) is 0 Å². The Morgan fingerprint density at radius 1 is 1.05 bits per heavy atom. The molecule has 0 aliphatic heterocycles. The highest BCUT2D eigenvalue weighted by molar-refractivity contribution is 14.0. The minimum Gasteiger partial charge on any atom is -0.382 e. The molecule has 2 N–H and O–H groups in total. The second-order valence-corrected chi connectivity index (χ2v) is 4.00. The van der Waals surface area contributed by atoms with Gasteiger partial charge in [-0.1, -0.05) is 19.8 Å². The van der Waals surface area contributed by atoms with E-state index in [0.717, 1.165) is 32.0 Å². The van der Waals surface area contributed by atoms with E-state index in [1.54, 1.807) is 7.11 Å². The molecule has 0 saturated heterocycles. The lowest BCUT2D eigenvalue weighted by atomic mass is 10.2. The van der Waals surface area contributed by atoms with E-state index in [1.807, 2.05) is 0 Å². The number of hydrogen-bond acceptors (Lipinski definition) is 3. The molecule has 0 atom stereocenters. The molecule has 0 aliphatic rings. The van der Waals surface area contributed by atoms with Crippen molar-refractivity contribution in [1.29, 1.82) is 0 Å². The number of aliphatic imine (C=N–C) groups is 1. The summed E-state index contributed by atoms with van der Waals surface area (Å²) in [5.74, 6) is 0.879. The van der Waals surface area contributed by atoms with Gasteiger partial charge >= 0.3 is 0 Å². The molecule has 0 spiro atoms. The first-order valence-electron chi connectivity index (χ1n) is 6.94. The molecule has 5 nitrogen and oxygen atoms in total. The number of rotatable bonds is 11. The highest BCUT2D eigenvalue weighted by atomic mass is 127. The first-order valence-corrected chi connectivity index (χ1v) is 6.94. The maximum absolute atomic E-state index is 5.38. The maximum Gasteiger partial charge on any atom is 0.191 e. The van der Waals surface area contributed by atoms with Gasteiger partial charge in [-0.15, -0.1) is 24.0 Å². The number of ether oxygens (including phenoxy) is 2. The van der Waals surface area contributed by atoms with Gasteiger partial charge in [0, 0.05) is 26.7 Å². The average Bonchev–Trinajstić information content (AvgIpc) is 2.38. The molecule has 0 aliphatic carbocycles. The van der Waals surface area contributed by atoms with E-state index < -0.39 is 0 Å². The van der Waals surface area contributed by atoms with Crippen LogP contribution in [0.4, 0.5) is 0 Å². The summed E-state index contributed by atoms with van der Waals surface area (Å²) in [5, 5.41) is 6.47. The zero-order valence-electron chi connectivity index (χ0n) is 12.5. The molecule has 0 saturated carbocycles. The third kappa shape index (κ3) is 15.9. The van der Waals surface area contributed by atoms with E-state index >= 15 is 0 Å². The minimum atomic E-state index is 0. The molecule has 0 radical (unpaired) electrons. The molecular formula is C13H30IN3O2. The SMILES string of the molecule is CCCCCN=C(NCC)NCCOCCOC.I. The number of unbranched alkanes of at least 4 members (excludes halogenated alkanes) is 2. The van der Waals surface area contributed by atoms with Gasteiger partial charge in [0.2, 0.25) is 0 Å². The van der Waals surface area contributed by atoms with Crippen molar-refractivity contribution in [2.24, 2.45) is 4.99 Å². The molecule has 19 heavy (non-hydrogen) atoms. The van der Waals surface area contributed by atoms with Crippen molar-refractivity contribution in [3.05, 3.63) is 0 Å². The van der Waals surface area contributed by atoms with Crippen LogP contribution in [-0.2, 0) is 9.47 Å². The Balaban J connectivity index is 0. The van der Waals surface area contributed by atoms with Gasteiger partial charge in [-0.2, -0.15) is 0 Å². The van der Waals surface area contributed by atoms with E-state index in [4.69, 9.17) is 9.47 Å². The fourth-order valence-corrected chi connectivity index (χ4v) is 1.38. The fourth-order valence-electron chi connectivity index (χ4n) is 1.38. The Bertz CT molecular complexity index is 204. The Kier molecular flexibility index (Phi) is 20.0. The number of hydrogen-bond donors (Lipinski definition) is 2. The lowest BCUT2D eigenvalue weighted by Gasteiger charge is -2.11. The molecule has 0 bridgehead atoms. The average molecular weight is 387 g/mol. The largest absolute Gasteiger partial charge is 0.382 e. The molecule has 6 heteroatoms. The first kappa shape index (κ1) is 21.2. The van der Waals surface area contributed by atoms with Crippen LogP contribution in [0.2, 0.25) is 0 Å². The summed E-state index contributed by atoms with van der Waals surface area (Å²) >= 11 is 0. The Labute approximate surface area is 134 Å². The van der Waals surface area contributed by atoms with E-state index in [1.165, 1.54) is 12.8 Å². The number of halogens is 1. The Morgan fingerprint density at radius 2 is 1.84 bits per heavy atom. The van der Waals surface area contributed by atoms with Gasteiger partial charge in [0.1, 0.15) is 0 Å². The van der Waals surface area contributed by atoms with Crippen molar-refractivity contribution < 1.29 is 9.47 Å². The van der Waals surface area contributed by atoms with Crippen molar-refractivity contribution in [3.8, 4) is 0 Å². The lowest BCUT2D eigenvalue weighted by Crippen LogP contribution is -2.39. The number of methoxy groups -OCH3 is 1. The summed E-state index contributed by atoms with van der Waals surface area (Å²) in [6, 6.07) is 0. The van der Waals surface area contributed by atoms with E-state index in [0.29, 0.717) is 19.8 Å². The van der Waals surface area contributed by atoms with Crippen LogP contribution in [-0.4, -0.2) is 52.5 Å². The highest BCUT2D eigenvalue weighted by Crippen LogP contribution is 1.93. The molecule has 0 aromatic rings. The second-order valence-electron chi connectivity index (χ2n) is 4.00. The van der Waals surface area contributed by atoms with Gasteiger partial charge in [-0.3, -0.25) is 4.99 Å². The Hall–Kier alpha value is -0.0800. The van der Waals surface area contributed by atoms with Gasteiger partial charge in [0.05, 0.1) is 19.8 Å². The standard InChI is InChI=1S/C13H29N3O2.HI/c1-4-6-7-8-15-13(14-5-2)16-9-10-18-12-11-17-3;/h4-12H2,1-3H3,(H2,14,15,16);1H. The molecule has 0 amide bonds. The smallest absolute Gasteiger partial charge is 0.191 e. The zero-order valence-corrected chi connectivity index (χ0v) is 14.9. The van der Waals surface area contributed by atoms with Crippen LogP contribution in [0.25, 0.3) is 0 Å². The molecule has 116 valence electrons. The quantitative estimate of drug-likeness (QED) is 0.247. The van der Waals surface area contributed by atoms with Crippen LogP contribution in [0.15, 0.2) is 4.99 Å². The summed E-state index contributed by atoms with van der Waals surface area (Å²) in [7, 11) is 1.67. The highest BCUT2D eigenvalue weighted by Gasteiger charge is 1.96. The monoisotopic (exact) mass is 387 g/mol. The number of nitrogens with zero attached hydrogens (tertiary/aromatic N) is 1. The van der Waals surface area contributed by atoms with Gasteiger partial charge in [-0.05, 0) is 13.3 Å². The van der Waals surface area contributed by atoms with Gasteiger partial charge in [0.15, 0.2) is 5.96 Å². The van der Waals surface area contributed by atoms with Crippen molar-refractivity contribution >= 4 is 29.9 Å². The summed E-state index contributed by atoms with van der Waals surface area (Å²) in [4.78, 5) is 4.50. The third-order valence-electron chi connectivity index (χ3n) is 2.35. The minimum absolute atomic E-state index is 0. The molecule has 0 heterocycles. The molecule has 0 aromatic heterocycles. The second kappa shape index (κ2) is 17.9. The molecule has 0 fully saturated rings. The maximum atomic E-state index is 5.38. The van der Waals surface area contributed by atoms with Gasteiger partial charge < -0.3 is 20.1 Å². The fraction of sp³-hybridized carbons (Fsp3) is 0.923. The zero-order chi connectivity index (χ0) is 13.5. The summed E-state index contributed by atoms with van der Waals surface area (Å²) in [6.07, 6.45) is 3.62. The molecule has 0 aromatic carbocycles. The van der Waals surface area contributed by atoms with E-state index in [2.05, 4.69) is 29.5 Å². The van der Waals surface area contributed by atoms with Crippen LogP contribution in [0.3, 0.4) is 0 Å². The van der Waals surface area contributed by atoms with Crippen LogP contribution in [0.1, 0.15) is 33.1 Å². The van der Waals surface area contributed by atoms with E-state index in [9.17, 15) is 0 Å². The normalized spacial score (nSPS) is 11.0.